The summed E-state index contributed by atoms with van der Waals surface area (Å²) >= 11 is 0. The van der Waals surface area contributed by atoms with Gasteiger partial charge in [0.25, 0.3) is 5.91 Å². The molecule has 1 aromatic heterocycles. The zero-order valence-corrected chi connectivity index (χ0v) is 25.5. The van der Waals surface area contributed by atoms with Crippen molar-refractivity contribution in [3.05, 3.63) is 71.9 Å². The van der Waals surface area contributed by atoms with Crippen LogP contribution in [0.15, 0.2) is 60.8 Å². The first kappa shape index (κ1) is 32.2. The summed E-state index contributed by atoms with van der Waals surface area (Å²) in [7, 11) is 0. The van der Waals surface area contributed by atoms with E-state index in [1.807, 2.05) is 68.6 Å². The number of carbonyl (C=O) groups is 5. The predicted octanol–water partition coefficient (Wildman–Crippen LogP) is 2.28. The first-order valence-corrected chi connectivity index (χ1v) is 15.2. The van der Waals surface area contributed by atoms with Crippen molar-refractivity contribution in [2.75, 3.05) is 19.6 Å². The Morgan fingerprint density at radius 2 is 1.64 bits per heavy atom. The number of hydrogen-bond acceptors (Lipinski definition) is 5. The highest BCUT2D eigenvalue weighted by Gasteiger charge is 2.29. The van der Waals surface area contributed by atoms with E-state index in [-0.39, 0.29) is 36.5 Å². The first-order valence-electron chi connectivity index (χ1n) is 15.2. The van der Waals surface area contributed by atoms with Gasteiger partial charge in [0.2, 0.25) is 23.6 Å². The van der Waals surface area contributed by atoms with Gasteiger partial charge in [-0.05, 0) is 55.5 Å². The molecule has 3 aromatic rings. The Bertz CT molecular complexity index is 1470. The molecule has 1 aliphatic heterocycles. The van der Waals surface area contributed by atoms with E-state index in [1.54, 1.807) is 17.9 Å². The van der Waals surface area contributed by atoms with Gasteiger partial charge < -0.3 is 31.2 Å². The largest absolute Gasteiger partial charge is 0.361 e. The fraction of sp³-hybridized carbons (Fsp3) is 0.424. The maximum atomic E-state index is 13.6. The fourth-order valence-electron chi connectivity index (χ4n) is 5.22. The SMILES string of the molecule is CC(C)[C@H]1NC(=O)[C@@H](C)NC(=O)[C@H](Cc2ccccc2)NC(=O)CCCN(C(=O)c2ccc3[nH]ccc3c2)CCCNC1=O. The molecule has 2 aromatic carbocycles. The van der Waals surface area contributed by atoms with E-state index in [0.717, 1.165) is 16.5 Å². The minimum atomic E-state index is -0.935. The van der Waals surface area contributed by atoms with Gasteiger partial charge in [0, 0.05) is 55.1 Å². The number of H-pyrrole nitrogens is 1. The molecule has 1 fully saturated rings. The lowest BCUT2D eigenvalue weighted by Crippen LogP contribution is -2.57. The summed E-state index contributed by atoms with van der Waals surface area (Å²) in [5, 5.41) is 12.1. The van der Waals surface area contributed by atoms with Crippen LogP contribution in [-0.2, 0) is 25.6 Å². The van der Waals surface area contributed by atoms with Gasteiger partial charge in [-0.2, -0.15) is 0 Å². The summed E-state index contributed by atoms with van der Waals surface area (Å²) in [5.74, 6) is -2.05. The Morgan fingerprint density at radius 3 is 2.39 bits per heavy atom. The van der Waals surface area contributed by atoms with Crippen LogP contribution in [0.25, 0.3) is 10.9 Å². The molecule has 0 bridgehead atoms. The lowest BCUT2D eigenvalue weighted by molar-refractivity contribution is -0.134. The van der Waals surface area contributed by atoms with E-state index < -0.39 is 29.9 Å². The molecular weight excluding hydrogens is 560 g/mol. The van der Waals surface area contributed by atoms with Crippen molar-refractivity contribution in [2.45, 2.75) is 64.6 Å². The van der Waals surface area contributed by atoms with Crippen LogP contribution in [0.2, 0.25) is 0 Å². The van der Waals surface area contributed by atoms with Gasteiger partial charge in [0.15, 0.2) is 0 Å². The second-order valence-corrected chi connectivity index (χ2v) is 11.6. The van der Waals surface area contributed by atoms with Gasteiger partial charge in [0.1, 0.15) is 18.1 Å². The molecule has 0 saturated carbocycles. The van der Waals surface area contributed by atoms with Crippen LogP contribution in [0.4, 0.5) is 0 Å². The number of aromatic nitrogens is 1. The van der Waals surface area contributed by atoms with Crippen LogP contribution in [0.5, 0.6) is 0 Å². The third kappa shape index (κ3) is 8.68. The molecule has 2 heterocycles. The molecule has 5 amide bonds. The third-order valence-corrected chi connectivity index (χ3v) is 7.76. The van der Waals surface area contributed by atoms with Crippen molar-refractivity contribution in [1.82, 2.24) is 31.2 Å². The number of aromatic amines is 1. The minimum absolute atomic E-state index is 0.0992. The summed E-state index contributed by atoms with van der Waals surface area (Å²) in [4.78, 5) is 70.8. The summed E-state index contributed by atoms with van der Waals surface area (Å²) in [5.41, 5.74) is 2.31. The minimum Gasteiger partial charge on any atom is -0.361 e. The van der Waals surface area contributed by atoms with Gasteiger partial charge in [0.05, 0.1) is 0 Å². The van der Waals surface area contributed by atoms with E-state index in [9.17, 15) is 24.0 Å². The quantitative estimate of drug-likeness (QED) is 0.310. The van der Waals surface area contributed by atoms with Gasteiger partial charge in [-0.25, -0.2) is 0 Å². The van der Waals surface area contributed by atoms with Crippen LogP contribution in [0.1, 0.15) is 56.0 Å². The Balaban J connectivity index is 1.54. The Labute approximate surface area is 257 Å². The van der Waals surface area contributed by atoms with E-state index in [0.29, 0.717) is 38.0 Å². The second kappa shape index (κ2) is 15.2. The molecule has 0 aliphatic carbocycles. The Kier molecular flexibility index (Phi) is 11.1. The number of carbonyl (C=O) groups excluding carboxylic acids is 5. The highest BCUT2D eigenvalue weighted by molar-refractivity contribution is 5.98. The van der Waals surface area contributed by atoms with Crippen molar-refractivity contribution >= 4 is 40.4 Å². The lowest BCUT2D eigenvalue weighted by Gasteiger charge is -2.26. The van der Waals surface area contributed by atoms with Gasteiger partial charge in [-0.1, -0.05) is 44.2 Å². The standard InChI is InChI=1S/C33H42N6O5/c1-21(2)29-32(43)35-15-8-18-39(33(44)25-12-13-26-24(20-25)14-16-34-26)17-7-11-28(40)37-27(19-23-9-5-4-6-10-23)31(42)36-22(3)30(41)38-29/h4-6,9-10,12-14,16,20-22,27,29,34H,7-8,11,15,17-19H2,1-3H3,(H,35,43)(H,36,42)(H,37,40)(H,38,41)/t22-,27+,29-/m1/s1. The molecule has 0 spiro atoms. The number of nitrogens with zero attached hydrogens (tertiary/aromatic N) is 1. The van der Waals surface area contributed by atoms with Crippen molar-refractivity contribution < 1.29 is 24.0 Å². The average Bonchev–Trinajstić information content (AvgIpc) is 3.48. The van der Waals surface area contributed by atoms with Crippen LogP contribution >= 0.6 is 0 Å². The molecule has 11 nitrogen and oxygen atoms in total. The first-order chi connectivity index (χ1) is 21.1. The molecule has 1 aliphatic rings. The molecular formula is C33H42N6O5. The maximum absolute atomic E-state index is 13.6. The van der Waals surface area contributed by atoms with Gasteiger partial charge >= 0.3 is 0 Å². The van der Waals surface area contributed by atoms with E-state index in [1.165, 1.54) is 0 Å². The number of nitrogens with one attached hydrogen (secondary N) is 5. The van der Waals surface area contributed by atoms with E-state index in [4.69, 9.17) is 0 Å². The highest BCUT2D eigenvalue weighted by atomic mass is 16.2. The number of fused-ring (bicyclic) bond motifs is 1. The van der Waals surface area contributed by atoms with Crippen molar-refractivity contribution in [3.8, 4) is 0 Å². The monoisotopic (exact) mass is 602 g/mol. The molecule has 1 saturated heterocycles. The second-order valence-electron chi connectivity index (χ2n) is 11.6. The predicted molar refractivity (Wildman–Crippen MR) is 168 cm³/mol. The normalized spacial score (nSPS) is 21.5. The Hall–Kier alpha value is -4.67. The van der Waals surface area contributed by atoms with Crippen LogP contribution in [-0.4, -0.2) is 77.2 Å². The average molecular weight is 603 g/mol. The molecule has 3 atom stereocenters. The zero-order chi connectivity index (χ0) is 31.6. The van der Waals surface area contributed by atoms with Crippen LogP contribution in [0, 0.1) is 5.92 Å². The molecule has 234 valence electrons. The topological polar surface area (TPSA) is 152 Å². The van der Waals surface area contributed by atoms with E-state index in [2.05, 4.69) is 26.3 Å². The molecule has 0 radical (unpaired) electrons. The van der Waals surface area contributed by atoms with Crippen LogP contribution in [0.3, 0.4) is 0 Å². The third-order valence-electron chi connectivity index (χ3n) is 7.76. The number of hydrogen-bond donors (Lipinski definition) is 5. The molecule has 44 heavy (non-hydrogen) atoms. The lowest BCUT2D eigenvalue weighted by atomic mass is 10.0. The summed E-state index contributed by atoms with van der Waals surface area (Å²) in [6.07, 6.45) is 3.01. The molecule has 11 heteroatoms. The zero-order valence-electron chi connectivity index (χ0n) is 25.5. The van der Waals surface area contributed by atoms with E-state index >= 15 is 0 Å². The van der Waals surface area contributed by atoms with Crippen molar-refractivity contribution in [1.29, 1.82) is 0 Å². The van der Waals surface area contributed by atoms with Crippen molar-refractivity contribution in [3.63, 3.8) is 0 Å². The number of amides is 5. The number of benzene rings is 2. The van der Waals surface area contributed by atoms with Crippen LogP contribution < -0.4 is 21.3 Å². The fourth-order valence-corrected chi connectivity index (χ4v) is 5.22. The summed E-state index contributed by atoms with van der Waals surface area (Å²) in [6.45, 7) is 6.18. The highest BCUT2D eigenvalue weighted by Crippen LogP contribution is 2.17. The maximum Gasteiger partial charge on any atom is 0.253 e. The van der Waals surface area contributed by atoms with Gasteiger partial charge in [-0.15, -0.1) is 0 Å². The summed E-state index contributed by atoms with van der Waals surface area (Å²) < 4.78 is 0. The smallest absolute Gasteiger partial charge is 0.253 e. The van der Waals surface area contributed by atoms with Gasteiger partial charge in [-0.3, -0.25) is 24.0 Å². The van der Waals surface area contributed by atoms with Crippen molar-refractivity contribution in [2.24, 2.45) is 5.92 Å². The summed E-state index contributed by atoms with van der Waals surface area (Å²) in [6, 6.07) is 14.0. The molecule has 0 unspecified atom stereocenters. The number of rotatable bonds is 4. The molecule has 5 N–H and O–H groups in total. The Morgan fingerprint density at radius 1 is 0.886 bits per heavy atom. The molecule has 4 rings (SSSR count).